The van der Waals surface area contributed by atoms with E-state index in [0.29, 0.717) is 5.52 Å². The summed E-state index contributed by atoms with van der Waals surface area (Å²) >= 11 is 0. The molecule has 0 atom stereocenters. The lowest BCUT2D eigenvalue weighted by atomic mass is 10.1. The van der Waals surface area contributed by atoms with Crippen LogP contribution in [0.2, 0.25) is 0 Å². The molecule has 146 valence electrons. The highest BCUT2D eigenvalue weighted by Gasteiger charge is 2.34. The van der Waals surface area contributed by atoms with Crippen molar-refractivity contribution in [1.82, 2.24) is 14.6 Å². The van der Waals surface area contributed by atoms with Crippen molar-refractivity contribution in [3.63, 3.8) is 0 Å². The zero-order chi connectivity index (χ0) is 20.9. The summed E-state index contributed by atoms with van der Waals surface area (Å²) < 4.78 is 46.0. The summed E-state index contributed by atoms with van der Waals surface area (Å²) in [6.45, 7) is 4.73. The summed E-state index contributed by atoms with van der Waals surface area (Å²) in [5.41, 5.74) is 6.13. The minimum Gasteiger partial charge on any atom is -0.494 e. The summed E-state index contributed by atoms with van der Waals surface area (Å²) in [6.07, 6.45) is 2.77. The van der Waals surface area contributed by atoms with Crippen molar-refractivity contribution in [3.05, 3.63) is 36.0 Å². The lowest BCUT2D eigenvalue weighted by molar-refractivity contribution is 0.398. The molecule has 10 heteroatoms. The van der Waals surface area contributed by atoms with Crippen LogP contribution in [0.5, 0.6) is 5.75 Å². The van der Waals surface area contributed by atoms with Gasteiger partial charge in [-0.15, -0.1) is 0 Å². The van der Waals surface area contributed by atoms with Crippen molar-refractivity contribution in [2.24, 2.45) is 0 Å². The predicted octanol–water partition coefficient (Wildman–Crippen LogP) is 2.57. The maximum atomic E-state index is 14.4. The summed E-state index contributed by atoms with van der Waals surface area (Å²) in [7, 11) is -2.41. The summed E-state index contributed by atoms with van der Waals surface area (Å²) in [5.74, 6) is -0.994. The number of methoxy groups -OCH3 is 1. The first-order chi connectivity index (χ1) is 13.0. The molecule has 3 aromatic rings. The Hall–Kier alpha value is -3.19. The number of rotatable bonds is 3. The van der Waals surface area contributed by atoms with Crippen LogP contribution in [0.15, 0.2) is 29.4 Å². The van der Waals surface area contributed by atoms with Gasteiger partial charge in [-0.1, -0.05) is 0 Å². The standard InChI is InChI=1S/C18H18FN5O3S/c1-18(2,3)28(25,26)15-6-13-12(8-22-24(13)9-14(15)27-4)11-5-10(7-20)17(21)23-16(11)19/h5-6,8-9H,1-4H3,(H2,21,23). The maximum Gasteiger partial charge on any atom is 0.222 e. The molecule has 0 saturated carbocycles. The topological polar surface area (TPSA) is 123 Å². The fourth-order valence-corrected chi connectivity index (χ4v) is 4.00. The van der Waals surface area contributed by atoms with E-state index in [0.717, 1.165) is 0 Å². The number of nitriles is 1. The number of pyridine rings is 2. The Labute approximate surface area is 161 Å². The van der Waals surface area contributed by atoms with E-state index >= 15 is 0 Å². The van der Waals surface area contributed by atoms with E-state index in [1.807, 2.05) is 6.07 Å². The van der Waals surface area contributed by atoms with Crippen molar-refractivity contribution in [2.75, 3.05) is 12.8 Å². The number of nitrogens with two attached hydrogens (primary N) is 1. The van der Waals surface area contributed by atoms with E-state index in [4.69, 9.17) is 15.7 Å². The van der Waals surface area contributed by atoms with Crippen molar-refractivity contribution in [1.29, 1.82) is 5.26 Å². The molecule has 2 N–H and O–H groups in total. The van der Waals surface area contributed by atoms with Crippen LogP contribution < -0.4 is 10.5 Å². The molecule has 0 unspecified atom stereocenters. The number of hydrogen-bond acceptors (Lipinski definition) is 7. The van der Waals surface area contributed by atoms with E-state index in [2.05, 4.69) is 10.1 Å². The van der Waals surface area contributed by atoms with E-state index in [1.54, 1.807) is 20.8 Å². The normalized spacial score (nSPS) is 12.1. The highest BCUT2D eigenvalue weighted by molar-refractivity contribution is 7.92. The molecule has 0 aliphatic rings. The Kier molecular flexibility index (Phi) is 4.51. The van der Waals surface area contributed by atoms with Crippen LogP contribution in [-0.2, 0) is 9.84 Å². The minimum atomic E-state index is -3.76. The van der Waals surface area contributed by atoms with Crippen LogP contribution in [0, 0.1) is 17.3 Å². The zero-order valence-corrected chi connectivity index (χ0v) is 16.5. The molecule has 0 fully saturated rings. The first-order valence-electron chi connectivity index (χ1n) is 8.17. The van der Waals surface area contributed by atoms with E-state index < -0.39 is 20.5 Å². The number of fused-ring (bicyclic) bond motifs is 1. The van der Waals surface area contributed by atoms with Gasteiger partial charge in [0, 0.05) is 11.1 Å². The highest BCUT2D eigenvalue weighted by Crippen LogP contribution is 2.36. The number of nitrogen functional groups attached to an aromatic ring is 1. The van der Waals surface area contributed by atoms with Gasteiger partial charge in [0.15, 0.2) is 15.6 Å². The second-order valence-electron chi connectivity index (χ2n) is 7.08. The Morgan fingerprint density at radius 3 is 2.54 bits per heavy atom. The lowest BCUT2D eigenvalue weighted by Gasteiger charge is -2.21. The van der Waals surface area contributed by atoms with Gasteiger partial charge in [-0.05, 0) is 32.9 Å². The second kappa shape index (κ2) is 6.45. The third kappa shape index (κ3) is 2.93. The maximum absolute atomic E-state index is 14.4. The van der Waals surface area contributed by atoms with E-state index in [9.17, 15) is 12.8 Å². The number of aromatic nitrogens is 3. The second-order valence-corrected chi connectivity index (χ2v) is 9.75. The fraction of sp³-hybridized carbons (Fsp3) is 0.278. The Morgan fingerprint density at radius 2 is 1.96 bits per heavy atom. The van der Waals surface area contributed by atoms with Gasteiger partial charge < -0.3 is 10.5 Å². The van der Waals surface area contributed by atoms with Gasteiger partial charge in [-0.3, -0.25) is 0 Å². The molecule has 0 spiro atoms. The van der Waals surface area contributed by atoms with Crippen molar-refractivity contribution < 1.29 is 17.5 Å². The van der Waals surface area contributed by atoms with Crippen molar-refractivity contribution in [3.8, 4) is 22.9 Å². The molecule has 3 heterocycles. The number of nitrogens with zero attached hydrogens (tertiary/aromatic N) is 4. The molecule has 0 bridgehead atoms. The van der Waals surface area contributed by atoms with Gasteiger partial charge in [0.1, 0.15) is 16.8 Å². The largest absolute Gasteiger partial charge is 0.494 e. The van der Waals surface area contributed by atoms with Crippen LogP contribution in [0.1, 0.15) is 26.3 Å². The first kappa shape index (κ1) is 19.6. The summed E-state index contributed by atoms with van der Waals surface area (Å²) in [6, 6.07) is 4.49. The smallest absolute Gasteiger partial charge is 0.222 e. The Morgan fingerprint density at radius 1 is 1.29 bits per heavy atom. The molecule has 3 aromatic heterocycles. The minimum absolute atomic E-state index is 0.00629. The van der Waals surface area contributed by atoms with Gasteiger partial charge in [0.25, 0.3) is 0 Å². The molecular weight excluding hydrogens is 385 g/mol. The van der Waals surface area contributed by atoms with Gasteiger partial charge in [-0.2, -0.15) is 14.8 Å². The molecule has 28 heavy (non-hydrogen) atoms. The third-order valence-electron chi connectivity index (χ3n) is 4.32. The average molecular weight is 403 g/mol. The average Bonchev–Trinajstić information content (AvgIpc) is 3.02. The molecule has 3 rings (SSSR count). The quantitative estimate of drug-likeness (QED) is 0.667. The molecule has 8 nitrogen and oxygen atoms in total. The Bertz CT molecular complexity index is 1240. The Balaban J connectivity index is 2.35. The van der Waals surface area contributed by atoms with E-state index in [-0.39, 0.29) is 33.2 Å². The SMILES string of the molecule is COc1cn2ncc(-c3cc(C#N)c(N)nc3F)c2cc1S(=O)(=O)C(C)(C)C. The number of sulfone groups is 1. The highest BCUT2D eigenvalue weighted by atomic mass is 32.2. The molecule has 0 aliphatic carbocycles. The van der Waals surface area contributed by atoms with Crippen molar-refractivity contribution in [2.45, 2.75) is 30.4 Å². The van der Waals surface area contributed by atoms with Gasteiger partial charge in [-0.25, -0.2) is 17.9 Å². The van der Waals surface area contributed by atoms with Crippen molar-refractivity contribution >= 4 is 21.2 Å². The number of ether oxygens (including phenoxy) is 1. The number of anilines is 1. The monoisotopic (exact) mass is 403 g/mol. The van der Waals surface area contributed by atoms with Gasteiger partial charge >= 0.3 is 0 Å². The molecule has 0 saturated heterocycles. The van der Waals surface area contributed by atoms with Crippen LogP contribution in [0.4, 0.5) is 10.2 Å². The van der Waals surface area contributed by atoms with E-state index in [1.165, 1.54) is 36.2 Å². The lowest BCUT2D eigenvalue weighted by Crippen LogP contribution is -2.28. The number of hydrogen-bond donors (Lipinski definition) is 1. The third-order valence-corrected chi connectivity index (χ3v) is 6.83. The first-order valence-corrected chi connectivity index (χ1v) is 9.66. The summed E-state index contributed by atoms with van der Waals surface area (Å²) in [5, 5.41) is 13.3. The molecule has 0 radical (unpaired) electrons. The molecule has 0 aromatic carbocycles. The van der Waals surface area contributed by atoms with Crippen LogP contribution in [0.3, 0.4) is 0 Å². The number of halogens is 1. The molecule has 0 aliphatic heterocycles. The van der Waals surface area contributed by atoms with Crippen LogP contribution >= 0.6 is 0 Å². The van der Waals surface area contributed by atoms with Crippen LogP contribution in [-0.4, -0.2) is 34.9 Å². The summed E-state index contributed by atoms with van der Waals surface area (Å²) in [4.78, 5) is 3.52. The van der Waals surface area contributed by atoms with Gasteiger partial charge in [0.2, 0.25) is 5.95 Å². The van der Waals surface area contributed by atoms with Crippen LogP contribution in [0.25, 0.3) is 16.6 Å². The zero-order valence-electron chi connectivity index (χ0n) is 15.7. The molecular formula is C18H18FN5O3S. The fourth-order valence-electron chi connectivity index (χ4n) is 2.67. The predicted molar refractivity (Wildman–Crippen MR) is 101 cm³/mol. The molecule has 0 amide bonds. The van der Waals surface area contributed by atoms with Gasteiger partial charge in [0.05, 0.1) is 35.3 Å².